The lowest BCUT2D eigenvalue weighted by Gasteiger charge is -2.46. The fraction of sp³-hybridized carbons (Fsp3) is 0.615. The standard InChI is InChI=1S/C65H103NO13/c1-3-5-7-9-10-11-12-13-14-15-16-17-18-19-20-21-22-23-24-25-26-27-28-29-30-31-32-33-34-35-36-37-38-39-40-41-42-43-44-45-47-49-57(70)66-53(54(69)48-46-8-6-4-2)52-76-64-62(75)60(73)63(56(51-68)78-64)79-65-61(74)59(72)58(71)55(50-67)77-65/h5,7,10-11,13-14,16-17,19-20,22-23,25-26,28-29,31-32,34-35,37-38,46,48,53-56,58-65,67-69,71-75H,3-4,6,8-9,12,15,18,21,24,27,30,33,36,39-45,47,49-52H2,1-2H3,(H,66,70)/b7-5-,11-10-,14-13-,17-16-,20-19-,23-22-,26-25-,29-28-,32-31-,35-34-,38-37-,48-46+. The third kappa shape index (κ3) is 34.0. The van der Waals surface area contributed by atoms with Gasteiger partial charge in [0.1, 0.15) is 48.8 Å². The molecule has 0 aliphatic carbocycles. The fourth-order valence-electron chi connectivity index (χ4n) is 8.51. The van der Waals surface area contributed by atoms with Crippen LogP contribution in [-0.4, -0.2) is 140 Å². The Bertz CT molecular complexity index is 1880. The van der Waals surface area contributed by atoms with Crippen molar-refractivity contribution in [2.24, 2.45) is 0 Å². The summed E-state index contributed by atoms with van der Waals surface area (Å²) < 4.78 is 22.5. The minimum absolute atomic E-state index is 0.256. The molecule has 2 rings (SSSR count). The second-order valence-corrected chi connectivity index (χ2v) is 20.0. The first-order valence-electron chi connectivity index (χ1n) is 29.6. The van der Waals surface area contributed by atoms with Gasteiger partial charge in [0.2, 0.25) is 5.91 Å². The molecular weight excluding hydrogens is 1000 g/mol. The molecule has 2 aliphatic rings. The summed E-state index contributed by atoms with van der Waals surface area (Å²) in [5.74, 6) is -0.268. The van der Waals surface area contributed by atoms with Crippen LogP contribution in [-0.2, 0) is 23.7 Å². The van der Waals surface area contributed by atoms with Crippen LogP contribution in [0.2, 0.25) is 0 Å². The van der Waals surface area contributed by atoms with Crippen molar-refractivity contribution in [3.05, 3.63) is 146 Å². The average molecular weight is 1110 g/mol. The van der Waals surface area contributed by atoms with Gasteiger partial charge in [0, 0.05) is 6.42 Å². The summed E-state index contributed by atoms with van der Waals surface area (Å²) in [6.45, 7) is 2.46. The Morgan fingerprint density at radius 2 is 0.873 bits per heavy atom. The van der Waals surface area contributed by atoms with E-state index in [4.69, 9.17) is 18.9 Å². The third-order valence-corrected chi connectivity index (χ3v) is 13.3. The van der Waals surface area contributed by atoms with Crippen molar-refractivity contribution in [3.8, 4) is 0 Å². The number of ether oxygens (including phenoxy) is 4. The number of unbranched alkanes of at least 4 members (excludes halogenated alkanes) is 9. The lowest BCUT2D eigenvalue weighted by Crippen LogP contribution is -2.65. The summed E-state index contributed by atoms with van der Waals surface area (Å²) in [6.07, 6.45) is 57.1. The van der Waals surface area contributed by atoms with Crippen molar-refractivity contribution in [1.29, 1.82) is 0 Å². The molecule has 2 saturated heterocycles. The molecular formula is C65H103NO13. The summed E-state index contributed by atoms with van der Waals surface area (Å²) in [5.41, 5.74) is 0. The molecule has 0 radical (unpaired) electrons. The summed E-state index contributed by atoms with van der Waals surface area (Å²) in [5, 5.41) is 86.2. The number of carbonyl (C=O) groups is 1. The summed E-state index contributed by atoms with van der Waals surface area (Å²) >= 11 is 0. The largest absolute Gasteiger partial charge is 0.394 e. The molecule has 14 heteroatoms. The number of hydrogen-bond donors (Lipinski definition) is 9. The number of aliphatic hydroxyl groups is 8. The van der Waals surface area contributed by atoms with Crippen molar-refractivity contribution in [3.63, 3.8) is 0 Å². The van der Waals surface area contributed by atoms with Crippen LogP contribution >= 0.6 is 0 Å². The highest BCUT2D eigenvalue weighted by Gasteiger charge is 2.51. The smallest absolute Gasteiger partial charge is 0.220 e. The van der Waals surface area contributed by atoms with E-state index >= 15 is 0 Å². The molecule has 9 N–H and O–H groups in total. The summed E-state index contributed by atoms with van der Waals surface area (Å²) in [7, 11) is 0. The van der Waals surface area contributed by atoms with Crippen LogP contribution in [0.5, 0.6) is 0 Å². The maximum absolute atomic E-state index is 13.1. The van der Waals surface area contributed by atoms with Crippen molar-refractivity contribution < 1.29 is 64.6 Å². The Morgan fingerprint density at radius 1 is 0.468 bits per heavy atom. The molecule has 0 bridgehead atoms. The lowest BCUT2D eigenvalue weighted by atomic mass is 9.97. The Balaban J connectivity index is 1.54. The van der Waals surface area contributed by atoms with E-state index in [9.17, 15) is 45.6 Å². The molecule has 0 aromatic heterocycles. The van der Waals surface area contributed by atoms with E-state index < -0.39 is 86.8 Å². The molecule has 0 spiro atoms. The number of rotatable bonds is 44. The maximum Gasteiger partial charge on any atom is 0.220 e. The van der Waals surface area contributed by atoms with Gasteiger partial charge in [0.15, 0.2) is 12.6 Å². The highest BCUT2D eigenvalue weighted by Crippen LogP contribution is 2.30. The Morgan fingerprint density at radius 3 is 1.33 bits per heavy atom. The van der Waals surface area contributed by atoms with Gasteiger partial charge >= 0.3 is 0 Å². The predicted molar refractivity (Wildman–Crippen MR) is 318 cm³/mol. The first kappa shape index (κ1) is 71.0. The molecule has 12 atom stereocenters. The number of nitrogens with one attached hydrogen (secondary N) is 1. The van der Waals surface area contributed by atoms with E-state index in [0.717, 1.165) is 135 Å². The molecule has 446 valence electrons. The quantitative estimate of drug-likeness (QED) is 0.0205. The molecule has 0 aromatic carbocycles. The van der Waals surface area contributed by atoms with Crippen LogP contribution in [0.4, 0.5) is 0 Å². The molecule has 12 unspecified atom stereocenters. The molecule has 1 amide bonds. The maximum atomic E-state index is 13.1. The zero-order valence-corrected chi connectivity index (χ0v) is 47.8. The molecule has 14 nitrogen and oxygen atoms in total. The molecule has 0 aromatic rings. The van der Waals surface area contributed by atoms with Gasteiger partial charge in [-0.2, -0.15) is 0 Å². The van der Waals surface area contributed by atoms with Crippen LogP contribution in [0, 0.1) is 0 Å². The zero-order chi connectivity index (χ0) is 57.4. The second kappa shape index (κ2) is 48.6. The van der Waals surface area contributed by atoms with E-state index in [1.165, 1.54) is 0 Å². The van der Waals surface area contributed by atoms with Crippen molar-refractivity contribution in [2.75, 3.05) is 19.8 Å². The van der Waals surface area contributed by atoms with E-state index in [2.05, 4.69) is 153 Å². The topological polar surface area (TPSA) is 228 Å². The fourth-order valence-corrected chi connectivity index (χ4v) is 8.51. The summed E-state index contributed by atoms with van der Waals surface area (Å²) in [6, 6.07) is -0.926. The van der Waals surface area contributed by atoms with Crippen LogP contribution in [0.25, 0.3) is 0 Å². The predicted octanol–water partition coefficient (Wildman–Crippen LogP) is 10.2. The number of carbonyl (C=O) groups excluding carboxylic acids is 1. The second-order valence-electron chi connectivity index (χ2n) is 20.0. The first-order valence-corrected chi connectivity index (χ1v) is 29.6. The number of amides is 1. The monoisotopic (exact) mass is 1110 g/mol. The van der Waals surface area contributed by atoms with E-state index in [1.54, 1.807) is 6.08 Å². The van der Waals surface area contributed by atoms with Gasteiger partial charge in [-0.05, 0) is 96.3 Å². The lowest BCUT2D eigenvalue weighted by molar-refractivity contribution is -0.359. The minimum atomic E-state index is -1.79. The van der Waals surface area contributed by atoms with E-state index in [-0.39, 0.29) is 18.9 Å². The van der Waals surface area contributed by atoms with E-state index in [0.29, 0.717) is 6.42 Å². The molecule has 79 heavy (non-hydrogen) atoms. The van der Waals surface area contributed by atoms with Crippen LogP contribution < -0.4 is 5.32 Å². The Labute approximate surface area is 474 Å². The number of allylic oxidation sites excluding steroid dienone is 23. The van der Waals surface area contributed by atoms with Gasteiger partial charge in [-0.15, -0.1) is 0 Å². The third-order valence-electron chi connectivity index (χ3n) is 13.3. The highest BCUT2D eigenvalue weighted by molar-refractivity contribution is 5.76. The molecule has 2 aliphatic heterocycles. The summed E-state index contributed by atoms with van der Waals surface area (Å²) in [4.78, 5) is 13.1. The van der Waals surface area contributed by atoms with Crippen molar-refractivity contribution in [2.45, 2.75) is 235 Å². The van der Waals surface area contributed by atoms with Crippen molar-refractivity contribution in [1.82, 2.24) is 5.32 Å². The van der Waals surface area contributed by atoms with Gasteiger partial charge in [-0.3, -0.25) is 4.79 Å². The van der Waals surface area contributed by atoms with Crippen molar-refractivity contribution >= 4 is 5.91 Å². The van der Waals surface area contributed by atoms with Crippen LogP contribution in [0.1, 0.15) is 162 Å². The zero-order valence-electron chi connectivity index (χ0n) is 47.8. The number of aliphatic hydroxyl groups excluding tert-OH is 8. The molecule has 2 heterocycles. The van der Waals surface area contributed by atoms with Gasteiger partial charge in [0.25, 0.3) is 0 Å². The highest BCUT2D eigenvalue weighted by atomic mass is 16.7. The van der Waals surface area contributed by atoms with Gasteiger partial charge in [-0.25, -0.2) is 0 Å². The molecule has 2 fully saturated rings. The normalized spacial score (nSPS) is 25.5. The SMILES string of the molecule is CC/C=C\C/C=C\C/C=C\C/C=C\C/C=C\C/C=C\C/C=C\C/C=C\C/C=C\C/C=C\C/C=C\CCCCCCCCCC(=O)NC(COC1OC(CO)C(OC2OC(CO)C(O)C(O)C2O)C(O)C1O)C(O)/C=C/CCCC. The first-order chi connectivity index (χ1) is 38.6. The average Bonchev–Trinajstić information content (AvgIpc) is 3.45. The van der Waals surface area contributed by atoms with Gasteiger partial charge < -0.3 is 65.1 Å². The Hall–Kier alpha value is -4.13. The number of hydrogen-bond acceptors (Lipinski definition) is 13. The van der Waals surface area contributed by atoms with Crippen LogP contribution in [0.15, 0.2) is 146 Å². The minimum Gasteiger partial charge on any atom is -0.394 e. The Kier molecular flexibility index (Phi) is 43.6. The van der Waals surface area contributed by atoms with Crippen LogP contribution in [0.3, 0.4) is 0 Å². The van der Waals surface area contributed by atoms with Gasteiger partial charge in [0.05, 0.1) is 32.0 Å². The van der Waals surface area contributed by atoms with E-state index in [1.807, 2.05) is 6.08 Å². The molecule has 0 saturated carbocycles. The van der Waals surface area contributed by atoms with Gasteiger partial charge in [-0.1, -0.05) is 205 Å².